The summed E-state index contributed by atoms with van der Waals surface area (Å²) in [6.45, 7) is 1.62. The molecule has 0 saturated carbocycles. The minimum absolute atomic E-state index is 0.173. The number of piperidine rings is 1. The maximum atomic E-state index is 13.9. The summed E-state index contributed by atoms with van der Waals surface area (Å²) in [4.78, 5) is 1.26. The molecule has 8 heteroatoms. The van der Waals surface area contributed by atoms with Crippen molar-refractivity contribution in [2.24, 2.45) is 5.92 Å². The zero-order chi connectivity index (χ0) is 16.1. The van der Waals surface area contributed by atoms with E-state index in [0.717, 1.165) is 19.0 Å². The van der Waals surface area contributed by atoms with Gasteiger partial charge in [0.15, 0.2) is 17.5 Å². The van der Waals surface area contributed by atoms with Crippen molar-refractivity contribution in [3.63, 3.8) is 0 Å². The van der Waals surface area contributed by atoms with Crippen LogP contribution in [-0.2, 0) is 10.0 Å². The summed E-state index contributed by atoms with van der Waals surface area (Å²) in [5.41, 5.74) is 0. The molecule has 0 amide bonds. The lowest BCUT2D eigenvalue weighted by Crippen LogP contribution is -2.47. The molecule has 3 heterocycles. The van der Waals surface area contributed by atoms with Crippen molar-refractivity contribution in [1.29, 1.82) is 0 Å². The van der Waals surface area contributed by atoms with Gasteiger partial charge in [0.25, 0.3) is 0 Å². The third kappa shape index (κ3) is 2.53. The quantitative estimate of drug-likeness (QED) is 0.775. The Morgan fingerprint density at radius 3 is 2.50 bits per heavy atom. The van der Waals surface area contributed by atoms with E-state index >= 15 is 0 Å². The molecule has 122 valence electrons. The van der Waals surface area contributed by atoms with Gasteiger partial charge in [-0.25, -0.2) is 21.6 Å². The van der Waals surface area contributed by atoms with Crippen molar-refractivity contribution in [3.8, 4) is 0 Å². The van der Waals surface area contributed by atoms with Crippen LogP contribution in [0.1, 0.15) is 12.8 Å². The molecule has 3 aliphatic rings. The molecule has 1 aromatic carbocycles. The summed E-state index contributed by atoms with van der Waals surface area (Å²) in [5, 5.41) is 0. The molecule has 0 N–H and O–H groups in total. The Kier molecular flexibility index (Phi) is 3.94. The number of hydrogen-bond donors (Lipinski definition) is 0. The number of halogens is 3. The molecule has 3 saturated heterocycles. The molecular formula is C14H17F3N2O2S. The van der Waals surface area contributed by atoms with Gasteiger partial charge in [0, 0.05) is 25.7 Å². The third-order valence-corrected chi connectivity index (χ3v) is 6.37. The van der Waals surface area contributed by atoms with Crippen molar-refractivity contribution in [2.75, 3.05) is 26.7 Å². The number of hydrogen-bond acceptors (Lipinski definition) is 3. The number of likely N-dealkylation sites (N-methyl/N-ethyl adjacent to an activating group) is 1. The second kappa shape index (κ2) is 5.50. The normalized spacial score (nSPS) is 27.1. The number of fused-ring (bicyclic) bond motifs is 4. The second-order valence-corrected chi connectivity index (χ2v) is 7.93. The Morgan fingerprint density at radius 1 is 1.05 bits per heavy atom. The predicted molar refractivity (Wildman–Crippen MR) is 74.2 cm³/mol. The summed E-state index contributed by atoms with van der Waals surface area (Å²) in [5.74, 6) is -4.62. The highest BCUT2D eigenvalue weighted by atomic mass is 32.2. The Morgan fingerprint density at radius 2 is 1.77 bits per heavy atom. The van der Waals surface area contributed by atoms with Crippen molar-refractivity contribution in [1.82, 2.24) is 9.21 Å². The average molecular weight is 334 g/mol. The van der Waals surface area contributed by atoms with E-state index in [1.165, 1.54) is 4.31 Å². The first-order valence-corrected chi connectivity index (χ1v) is 8.58. The number of sulfonamides is 1. The van der Waals surface area contributed by atoms with Gasteiger partial charge in [-0.2, -0.15) is 4.31 Å². The molecule has 4 rings (SSSR count). The fourth-order valence-corrected chi connectivity index (χ4v) is 5.18. The van der Waals surface area contributed by atoms with Crippen LogP contribution in [-0.4, -0.2) is 50.3 Å². The molecule has 4 nitrogen and oxygen atoms in total. The van der Waals surface area contributed by atoms with Crippen LogP contribution in [0, 0.1) is 23.4 Å². The van der Waals surface area contributed by atoms with Crippen LogP contribution >= 0.6 is 0 Å². The summed E-state index contributed by atoms with van der Waals surface area (Å²) in [6, 6.07) is 1.18. The molecule has 0 radical (unpaired) electrons. The van der Waals surface area contributed by atoms with E-state index in [1.807, 2.05) is 7.05 Å². The van der Waals surface area contributed by atoms with E-state index in [0.29, 0.717) is 19.0 Å². The predicted octanol–water partition coefficient (Wildman–Crippen LogP) is 1.82. The monoisotopic (exact) mass is 334 g/mol. The van der Waals surface area contributed by atoms with Crippen LogP contribution in [0.5, 0.6) is 0 Å². The van der Waals surface area contributed by atoms with Crippen LogP contribution in [0.4, 0.5) is 13.2 Å². The van der Waals surface area contributed by atoms with Crippen LogP contribution in [0.25, 0.3) is 0 Å². The molecule has 0 spiro atoms. The molecule has 1 aromatic rings. The van der Waals surface area contributed by atoms with Gasteiger partial charge in [-0.05, 0) is 37.9 Å². The van der Waals surface area contributed by atoms with E-state index in [9.17, 15) is 21.6 Å². The average Bonchev–Trinajstić information content (AvgIpc) is 2.73. The number of nitrogens with zero attached hydrogens (tertiary/aromatic N) is 2. The first-order chi connectivity index (χ1) is 10.3. The second-order valence-electron chi connectivity index (χ2n) is 6.07. The molecule has 2 atom stereocenters. The summed E-state index contributed by atoms with van der Waals surface area (Å²) >= 11 is 0. The van der Waals surface area contributed by atoms with E-state index in [2.05, 4.69) is 4.90 Å². The van der Waals surface area contributed by atoms with Gasteiger partial charge in [0.1, 0.15) is 4.90 Å². The fraction of sp³-hybridized carbons (Fsp3) is 0.571. The first-order valence-electron chi connectivity index (χ1n) is 7.14. The van der Waals surface area contributed by atoms with Gasteiger partial charge in [-0.3, -0.25) is 0 Å². The van der Waals surface area contributed by atoms with Gasteiger partial charge < -0.3 is 4.90 Å². The highest BCUT2D eigenvalue weighted by Crippen LogP contribution is 2.33. The highest BCUT2D eigenvalue weighted by Gasteiger charge is 2.41. The number of rotatable bonds is 2. The molecule has 0 aliphatic carbocycles. The molecule has 2 bridgehead atoms. The molecule has 3 fully saturated rings. The van der Waals surface area contributed by atoms with E-state index in [-0.39, 0.29) is 18.5 Å². The van der Waals surface area contributed by atoms with Crippen molar-refractivity contribution < 1.29 is 21.6 Å². The van der Waals surface area contributed by atoms with Crippen molar-refractivity contribution >= 4 is 10.0 Å². The Hall–Kier alpha value is -1.12. The summed E-state index contributed by atoms with van der Waals surface area (Å²) < 4.78 is 67.0. The molecule has 22 heavy (non-hydrogen) atoms. The number of benzene rings is 1. The van der Waals surface area contributed by atoms with Crippen molar-refractivity contribution in [2.45, 2.75) is 23.8 Å². The summed E-state index contributed by atoms with van der Waals surface area (Å²) in [7, 11) is -2.27. The van der Waals surface area contributed by atoms with Gasteiger partial charge >= 0.3 is 0 Å². The van der Waals surface area contributed by atoms with Gasteiger partial charge in [0.05, 0.1) is 0 Å². The molecule has 0 aromatic heterocycles. The Bertz CT molecular complexity index is 696. The van der Waals surface area contributed by atoms with Crippen molar-refractivity contribution in [3.05, 3.63) is 29.6 Å². The van der Waals surface area contributed by atoms with Crippen LogP contribution in [0.15, 0.2) is 17.0 Å². The lowest BCUT2D eigenvalue weighted by molar-refractivity contribution is 0.228. The van der Waals surface area contributed by atoms with E-state index < -0.39 is 32.4 Å². The smallest absolute Gasteiger partial charge is 0.246 e. The first kappa shape index (κ1) is 15.8. The van der Waals surface area contributed by atoms with Crippen LogP contribution in [0.3, 0.4) is 0 Å². The van der Waals surface area contributed by atoms with E-state index in [4.69, 9.17) is 0 Å². The Balaban J connectivity index is 2.02. The zero-order valence-electron chi connectivity index (χ0n) is 12.1. The van der Waals surface area contributed by atoms with Gasteiger partial charge in [0.2, 0.25) is 10.0 Å². The van der Waals surface area contributed by atoms with Crippen LogP contribution < -0.4 is 0 Å². The van der Waals surface area contributed by atoms with Crippen LogP contribution in [0.2, 0.25) is 0 Å². The SMILES string of the molecule is CN1C[C@H]2CC[C@@H](C1)N(S(=O)(=O)c1ccc(F)c(F)c1F)C2. The Labute approximate surface area is 127 Å². The molecule has 0 unspecified atom stereocenters. The molecule has 3 aliphatic heterocycles. The molecular weight excluding hydrogens is 317 g/mol. The van der Waals surface area contributed by atoms with E-state index in [1.54, 1.807) is 0 Å². The minimum Gasteiger partial charge on any atom is -0.304 e. The third-order valence-electron chi connectivity index (χ3n) is 4.43. The summed E-state index contributed by atoms with van der Waals surface area (Å²) in [6.07, 6.45) is 1.61. The maximum Gasteiger partial charge on any atom is 0.246 e. The fourth-order valence-electron chi connectivity index (χ4n) is 3.40. The maximum absolute atomic E-state index is 13.9. The minimum atomic E-state index is -4.18. The largest absolute Gasteiger partial charge is 0.304 e. The van der Waals surface area contributed by atoms with Gasteiger partial charge in [-0.15, -0.1) is 0 Å². The topological polar surface area (TPSA) is 40.6 Å². The standard InChI is InChI=1S/C14H17F3N2O2S/c1-18-6-9-2-3-10(8-18)19(7-9)22(20,21)12-5-4-11(15)13(16)14(12)17/h4-5,9-10H,2-3,6-8H2,1H3/t9-,10+/m1/s1. The highest BCUT2D eigenvalue weighted by molar-refractivity contribution is 7.89. The van der Waals surface area contributed by atoms with Gasteiger partial charge in [-0.1, -0.05) is 0 Å². The lowest BCUT2D eigenvalue weighted by Gasteiger charge is -2.35. The zero-order valence-corrected chi connectivity index (χ0v) is 12.9. The lowest BCUT2D eigenvalue weighted by atomic mass is 9.97.